The molecule has 0 fully saturated rings. The van der Waals surface area contributed by atoms with Crippen molar-refractivity contribution in [2.45, 2.75) is 51.5 Å². The summed E-state index contributed by atoms with van der Waals surface area (Å²) < 4.78 is 6.19. The van der Waals surface area contributed by atoms with Crippen molar-refractivity contribution < 1.29 is 4.74 Å². The van der Waals surface area contributed by atoms with E-state index >= 15 is 0 Å². The number of ether oxygens (including phenoxy) is 1. The molecule has 0 N–H and O–H groups in total. The van der Waals surface area contributed by atoms with E-state index < -0.39 is 0 Å². The third-order valence-corrected chi connectivity index (χ3v) is 5.45. The highest BCUT2D eigenvalue weighted by atomic mass is 31.1. The molecule has 0 radical (unpaired) electrons. The second kappa shape index (κ2) is 11.1. The molecule has 0 bridgehead atoms. The Bertz CT molecular complexity index is 718. The van der Waals surface area contributed by atoms with Gasteiger partial charge in [0.2, 0.25) is 0 Å². The molecule has 0 aliphatic carbocycles. The van der Waals surface area contributed by atoms with Crippen molar-refractivity contribution in [1.82, 2.24) is 0 Å². The fourth-order valence-corrected chi connectivity index (χ4v) is 3.82. The first-order chi connectivity index (χ1) is 12.9. The van der Waals surface area contributed by atoms with Gasteiger partial charge in [0, 0.05) is 13.0 Å². The second-order valence-corrected chi connectivity index (χ2v) is 10.4. The Balaban J connectivity index is 1.84. The van der Waals surface area contributed by atoms with Crippen molar-refractivity contribution in [3.05, 3.63) is 71.8 Å². The smallest absolute Gasteiger partial charge is 0.0979 e. The fraction of sp³-hybridized carbons (Fsp3) is 0.417. The van der Waals surface area contributed by atoms with Gasteiger partial charge in [-0.15, -0.1) is 0 Å². The Morgan fingerprint density at radius 3 is 2.41 bits per heavy atom. The topological polar surface area (TPSA) is 9.23 Å². The lowest BCUT2D eigenvalue weighted by Crippen LogP contribution is -2.21. The summed E-state index contributed by atoms with van der Waals surface area (Å²) in [5.41, 5.74) is 5.21. The van der Waals surface area contributed by atoms with E-state index in [-0.39, 0.29) is 5.08 Å². The van der Waals surface area contributed by atoms with Gasteiger partial charge in [-0.25, -0.2) is 0 Å². The molecule has 0 spiro atoms. The summed E-state index contributed by atoms with van der Waals surface area (Å²) >= 11 is 0. The van der Waals surface area contributed by atoms with E-state index in [1.807, 2.05) is 0 Å². The van der Waals surface area contributed by atoms with E-state index in [2.05, 4.69) is 99.9 Å². The van der Waals surface area contributed by atoms with Crippen LogP contribution in [0.25, 0.3) is 11.1 Å². The molecule has 0 heterocycles. The van der Waals surface area contributed by atoms with Gasteiger partial charge in [0.15, 0.2) is 0 Å². The molecule has 3 heteroatoms. The van der Waals surface area contributed by atoms with Crippen LogP contribution in [0.3, 0.4) is 0 Å². The van der Waals surface area contributed by atoms with Crippen molar-refractivity contribution >= 4 is 18.5 Å². The first-order valence-corrected chi connectivity index (χ1v) is 11.0. The highest BCUT2D eigenvalue weighted by molar-refractivity contribution is 7.39. The molecule has 2 rings (SSSR count). The van der Waals surface area contributed by atoms with Gasteiger partial charge in [-0.3, -0.25) is 0 Å². The van der Waals surface area contributed by atoms with Crippen molar-refractivity contribution in [1.29, 1.82) is 0 Å². The molecule has 27 heavy (non-hydrogen) atoms. The lowest BCUT2D eigenvalue weighted by Gasteiger charge is -2.26. The predicted octanol–water partition coefficient (Wildman–Crippen LogP) is 7.09. The molecule has 2 unspecified atom stereocenters. The first-order valence-electron chi connectivity index (χ1n) is 9.85. The molecule has 3 atom stereocenters. The van der Waals surface area contributed by atoms with Gasteiger partial charge in [0.25, 0.3) is 0 Å². The maximum Gasteiger partial charge on any atom is 0.0979 e. The minimum absolute atomic E-state index is 0.311. The van der Waals surface area contributed by atoms with Crippen molar-refractivity contribution in [2.75, 3.05) is 6.61 Å². The standard InChI is InChI=1S/C24H34OP2/c1-19(2)9-7-10-20(3)15-16-25-24(26,27)18-21-11-8-14-23(17-21)22-12-5-4-6-13-22/h4-6,8-9,11-14,17,20H,7,10,15-16,18,26-27H2,1-3H3/t20-/m0/s1. The summed E-state index contributed by atoms with van der Waals surface area (Å²) in [6, 6.07) is 19.3. The average molecular weight is 400 g/mol. The zero-order valence-electron chi connectivity index (χ0n) is 16.9. The van der Waals surface area contributed by atoms with Gasteiger partial charge in [-0.05, 0) is 55.7 Å². The van der Waals surface area contributed by atoms with Crippen LogP contribution in [0.5, 0.6) is 0 Å². The van der Waals surface area contributed by atoms with Crippen LogP contribution in [-0.2, 0) is 11.2 Å². The summed E-state index contributed by atoms with van der Waals surface area (Å²) in [6.07, 6.45) is 6.68. The molecular formula is C24H34OP2. The van der Waals surface area contributed by atoms with E-state index in [4.69, 9.17) is 4.74 Å². The minimum Gasteiger partial charge on any atom is -0.367 e. The quantitative estimate of drug-likeness (QED) is 0.306. The van der Waals surface area contributed by atoms with Crippen molar-refractivity contribution in [3.63, 3.8) is 0 Å². The maximum absolute atomic E-state index is 6.19. The summed E-state index contributed by atoms with van der Waals surface area (Å²) in [5, 5.41) is -0.311. The third-order valence-electron chi connectivity index (χ3n) is 4.71. The van der Waals surface area contributed by atoms with Crippen LogP contribution < -0.4 is 0 Å². The number of rotatable bonds is 10. The van der Waals surface area contributed by atoms with E-state index in [1.165, 1.54) is 35.1 Å². The van der Waals surface area contributed by atoms with Crippen LogP contribution in [0.15, 0.2) is 66.2 Å². The monoisotopic (exact) mass is 400 g/mol. The highest BCUT2D eigenvalue weighted by Gasteiger charge is 2.20. The van der Waals surface area contributed by atoms with Crippen LogP contribution in [0.4, 0.5) is 0 Å². The van der Waals surface area contributed by atoms with Gasteiger partial charge in [-0.1, -0.05) is 91.6 Å². The maximum atomic E-state index is 6.19. The molecule has 0 amide bonds. The van der Waals surface area contributed by atoms with Gasteiger partial charge >= 0.3 is 0 Å². The Morgan fingerprint density at radius 2 is 1.70 bits per heavy atom. The summed E-state index contributed by atoms with van der Waals surface area (Å²) in [7, 11) is 5.74. The Hall–Kier alpha value is -1.00. The largest absolute Gasteiger partial charge is 0.367 e. The molecule has 146 valence electrons. The van der Waals surface area contributed by atoms with Crippen LogP contribution in [0.2, 0.25) is 0 Å². The summed E-state index contributed by atoms with van der Waals surface area (Å²) in [4.78, 5) is 0. The Labute approximate surface area is 170 Å². The lowest BCUT2D eigenvalue weighted by molar-refractivity contribution is 0.0775. The van der Waals surface area contributed by atoms with Crippen LogP contribution >= 0.6 is 18.5 Å². The number of allylic oxidation sites excluding steroid dienone is 2. The number of benzene rings is 2. The number of hydrogen-bond acceptors (Lipinski definition) is 1. The molecule has 2 aromatic carbocycles. The zero-order chi connectivity index (χ0) is 19.7. The SMILES string of the molecule is CC(C)=CCC[C@H](C)CCOC(P)(P)Cc1cccc(-c2ccccc2)c1. The minimum atomic E-state index is -0.311. The van der Waals surface area contributed by atoms with Crippen molar-refractivity contribution in [3.8, 4) is 11.1 Å². The van der Waals surface area contributed by atoms with Gasteiger partial charge in [-0.2, -0.15) is 0 Å². The third kappa shape index (κ3) is 8.69. The van der Waals surface area contributed by atoms with Gasteiger partial charge < -0.3 is 4.74 Å². The Morgan fingerprint density at radius 1 is 1.00 bits per heavy atom. The molecule has 2 aromatic rings. The summed E-state index contributed by atoms with van der Waals surface area (Å²) in [5.74, 6) is 0.688. The molecule has 0 aromatic heterocycles. The number of hydrogen-bond donors (Lipinski definition) is 0. The molecule has 0 aliphatic rings. The lowest BCUT2D eigenvalue weighted by atomic mass is 10.0. The molecule has 0 saturated carbocycles. The van der Waals surface area contributed by atoms with Crippen molar-refractivity contribution in [2.24, 2.45) is 5.92 Å². The van der Waals surface area contributed by atoms with E-state index in [1.54, 1.807) is 0 Å². The highest BCUT2D eigenvalue weighted by Crippen LogP contribution is 2.34. The predicted molar refractivity (Wildman–Crippen MR) is 126 cm³/mol. The molecule has 0 aliphatic heterocycles. The normalized spacial score (nSPS) is 12.6. The molecule has 0 saturated heterocycles. The van der Waals surface area contributed by atoms with E-state index in [9.17, 15) is 0 Å². The van der Waals surface area contributed by atoms with Gasteiger partial charge in [0.05, 0.1) is 5.08 Å². The summed E-state index contributed by atoms with van der Waals surface area (Å²) in [6.45, 7) is 7.44. The average Bonchev–Trinajstić information content (AvgIpc) is 2.62. The molecular weight excluding hydrogens is 366 g/mol. The van der Waals surface area contributed by atoms with Crippen LogP contribution in [0.1, 0.15) is 45.6 Å². The van der Waals surface area contributed by atoms with E-state index in [0.717, 1.165) is 19.4 Å². The van der Waals surface area contributed by atoms with Crippen LogP contribution in [-0.4, -0.2) is 11.7 Å². The fourth-order valence-electron chi connectivity index (χ4n) is 3.11. The zero-order valence-corrected chi connectivity index (χ0v) is 19.3. The second-order valence-electron chi connectivity index (χ2n) is 7.80. The molecule has 1 nitrogen and oxygen atoms in total. The van der Waals surface area contributed by atoms with E-state index in [0.29, 0.717) is 5.92 Å². The first kappa shape index (κ1) is 22.3. The Kier molecular flexibility index (Phi) is 9.17. The van der Waals surface area contributed by atoms with Crippen LogP contribution in [0, 0.1) is 5.92 Å². The van der Waals surface area contributed by atoms with Gasteiger partial charge in [0.1, 0.15) is 0 Å².